The van der Waals surface area contributed by atoms with Crippen molar-refractivity contribution in [2.24, 2.45) is 0 Å². The zero-order chi connectivity index (χ0) is 17.4. The molecule has 0 amide bonds. The molecule has 25 heavy (non-hydrogen) atoms. The van der Waals surface area contributed by atoms with E-state index in [1.165, 1.54) is 0 Å². The van der Waals surface area contributed by atoms with Crippen LogP contribution in [0.15, 0.2) is 53.4 Å². The Kier molecular flexibility index (Phi) is 3.80. The van der Waals surface area contributed by atoms with Gasteiger partial charge in [-0.25, -0.2) is 4.98 Å². The van der Waals surface area contributed by atoms with Crippen molar-refractivity contribution in [1.29, 1.82) is 0 Å². The number of aromatic nitrogens is 5. The molecule has 6 nitrogen and oxygen atoms in total. The van der Waals surface area contributed by atoms with E-state index in [1.54, 1.807) is 6.20 Å². The fraction of sp³-hybridized carbons (Fsp3) is 0.263. The molecular formula is C19H19N5O. The molecule has 1 aromatic carbocycles. The van der Waals surface area contributed by atoms with E-state index in [2.05, 4.69) is 30.7 Å². The van der Waals surface area contributed by atoms with Crippen LogP contribution in [0.4, 0.5) is 0 Å². The van der Waals surface area contributed by atoms with Gasteiger partial charge in [0.25, 0.3) is 0 Å². The largest absolute Gasteiger partial charge is 0.337 e. The van der Waals surface area contributed by atoms with E-state index in [9.17, 15) is 0 Å². The van der Waals surface area contributed by atoms with E-state index in [0.717, 1.165) is 28.1 Å². The van der Waals surface area contributed by atoms with Gasteiger partial charge in [-0.2, -0.15) is 4.98 Å². The molecule has 0 unspecified atom stereocenters. The van der Waals surface area contributed by atoms with E-state index in [0.29, 0.717) is 5.89 Å². The third kappa shape index (κ3) is 2.69. The number of para-hydroxylation sites is 1. The van der Waals surface area contributed by atoms with Crippen molar-refractivity contribution in [1.82, 2.24) is 24.7 Å². The van der Waals surface area contributed by atoms with Crippen LogP contribution in [0, 0.1) is 0 Å². The van der Waals surface area contributed by atoms with Crippen LogP contribution < -0.4 is 0 Å². The Balaban J connectivity index is 1.79. The molecule has 0 spiro atoms. The Morgan fingerprint density at radius 3 is 2.64 bits per heavy atom. The molecule has 4 rings (SSSR count). The standard InChI is InChI=1S/C19H19N5O/c1-12(2)17-22-19(25-23-17)13(3)24-11-10-21-18(24)15-8-9-20-16-7-5-4-6-14(15)16/h4-13H,1-3H3/t13-/m0/s1. The molecule has 1 atom stereocenters. The molecule has 0 N–H and O–H groups in total. The van der Waals surface area contributed by atoms with Gasteiger partial charge in [-0.15, -0.1) is 0 Å². The van der Waals surface area contributed by atoms with Gasteiger partial charge in [-0.05, 0) is 19.1 Å². The van der Waals surface area contributed by atoms with E-state index in [4.69, 9.17) is 4.52 Å². The normalized spacial score (nSPS) is 12.8. The fourth-order valence-corrected chi connectivity index (χ4v) is 2.90. The number of rotatable bonds is 4. The molecular weight excluding hydrogens is 314 g/mol. The minimum atomic E-state index is -0.107. The maximum Gasteiger partial charge on any atom is 0.249 e. The van der Waals surface area contributed by atoms with Gasteiger partial charge in [0.2, 0.25) is 5.89 Å². The van der Waals surface area contributed by atoms with Gasteiger partial charge in [0, 0.05) is 35.5 Å². The fourth-order valence-electron chi connectivity index (χ4n) is 2.90. The summed E-state index contributed by atoms with van der Waals surface area (Å²) in [6.07, 6.45) is 5.54. The Bertz CT molecular complexity index is 1010. The van der Waals surface area contributed by atoms with Crippen molar-refractivity contribution in [3.05, 3.63) is 60.6 Å². The highest BCUT2D eigenvalue weighted by atomic mass is 16.5. The second-order valence-corrected chi connectivity index (χ2v) is 6.36. The maximum absolute atomic E-state index is 5.47. The van der Waals surface area contributed by atoms with Crippen LogP contribution in [0.3, 0.4) is 0 Å². The predicted octanol–water partition coefficient (Wildman–Crippen LogP) is 4.21. The van der Waals surface area contributed by atoms with Crippen molar-refractivity contribution in [2.45, 2.75) is 32.7 Å². The summed E-state index contributed by atoms with van der Waals surface area (Å²) in [6, 6.07) is 9.94. The number of benzene rings is 1. The third-order valence-electron chi connectivity index (χ3n) is 4.31. The van der Waals surface area contributed by atoms with Gasteiger partial charge < -0.3 is 9.09 Å². The molecule has 126 valence electrons. The Hall–Kier alpha value is -3.02. The zero-order valence-electron chi connectivity index (χ0n) is 14.4. The van der Waals surface area contributed by atoms with Crippen LogP contribution in [0.5, 0.6) is 0 Å². The molecule has 0 aliphatic rings. The molecule has 0 bridgehead atoms. The number of fused-ring (bicyclic) bond motifs is 1. The van der Waals surface area contributed by atoms with E-state index < -0.39 is 0 Å². The average molecular weight is 333 g/mol. The molecule has 6 heteroatoms. The summed E-state index contributed by atoms with van der Waals surface area (Å²) in [5.41, 5.74) is 1.98. The van der Waals surface area contributed by atoms with E-state index in [1.807, 2.05) is 57.4 Å². The quantitative estimate of drug-likeness (QED) is 0.559. The second-order valence-electron chi connectivity index (χ2n) is 6.36. The van der Waals surface area contributed by atoms with Crippen molar-refractivity contribution >= 4 is 10.9 Å². The molecule has 0 fully saturated rings. The summed E-state index contributed by atoms with van der Waals surface area (Å²) in [6.45, 7) is 6.13. The van der Waals surface area contributed by atoms with Crippen molar-refractivity contribution in [3.63, 3.8) is 0 Å². The molecule has 4 aromatic rings. The first-order valence-corrected chi connectivity index (χ1v) is 8.35. The first kappa shape index (κ1) is 15.5. The second kappa shape index (κ2) is 6.12. The molecule has 3 heterocycles. The smallest absolute Gasteiger partial charge is 0.249 e. The first-order valence-electron chi connectivity index (χ1n) is 8.35. The SMILES string of the molecule is CC(C)c1noc([C@H](C)n2ccnc2-c2ccnc3ccccc23)n1. The van der Waals surface area contributed by atoms with Gasteiger partial charge in [-0.1, -0.05) is 37.2 Å². The number of hydrogen-bond acceptors (Lipinski definition) is 5. The van der Waals surface area contributed by atoms with Crippen LogP contribution in [0.1, 0.15) is 44.4 Å². The van der Waals surface area contributed by atoms with E-state index >= 15 is 0 Å². The summed E-state index contributed by atoms with van der Waals surface area (Å²) in [5, 5.41) is 5.14. The highest BCUT2D eigenvalue weighted by Gasteiger charge is 2.21. The number of nitrogens with zero attached hydrogens (tertiary/aromatic N) is 5. The number of imidazole rings is 1. The molecule has 0 saturated heterocycles. The lowest BCUT2D eigenvalue weighted by Crippen LogP contribution is -2.08. The molecule has 3 aromatic heterocycles. The topological polar surface area (TPSA) is 69.6 Å². The lowest BCUT2D eigenvalue weighted by Gasteiger charge is -2.14. The van der Waals surface area contributed by atoms with Crippen LogP contribution in [-0.4, -0.2) is 24.7 Å². The lowest BCUT2D eigenvalue weighted by molar-refractivity contribution is 0.341. The third-order valence-corrected chi connectivity index (χ3v) is 4.31. The van der Waals surface area contributed by atoms with Crippen LogP contribution in [0.25, 0.3) is 22.3 Å². The number of pyridine rings is 1. The molecule has 0 aliphatic carbocycles. The minimum Gasteiger partial charge on any atom is -0.337 e. The average Bonchev–Trinajstić information content (AvgIpc) is 3.30. The Morgan fingerprint density at radius 2 is 1.84 bits per heavy atom. The Labute approximate surface area is 145 Å². The summed E-state index contributed by atoms with van der Waals surface area (Å²) in [7, 11) is 0. The van der Waals surface area contributed by atoms with Crippen LogP contribution in [-0.2, 0) is 0 Å². The predicted molar refractivity (Wildman–Crippen MR) is 95.2 cm³/mol. The summed E-state index contributed by atoms with van der Waals surface area (Å²) in [4.78, 5) is 13.5. The van der Waals surface area contributed by atoms with Crippen molar-refractivity contribution in [3.8, 4) is 11.4 Å². The highest BCUT2D eigenvalue weighted by Crippen LogP contribution is 2.29. The van der Waals surface area contributed by atoms with Crippen molar-refractivity contribution in [2.75, 3.05) is 0 Å². The summed E-state index contributed by atoms with van der Waals surface area (Å²) < 4.78 is 7.52. The zero-order valence-corrected chi connectivity index (χ0v) is 14.4. The summed E-state index contributed by atoms with van der Waals surface area (Å²) in [5.74, 6) is 2.39. The molecule has 0 aliphatic heterocycles. The van der Waals surface area contributed by atoms with Gasteiger partial charge in [0.05, 0.1) is 5.52 Å². The molecule has 0 radical (unpaired) electrons. The van der Waals surface area contributed by atoms with Crippen molar-refractivity contribution < 1.29 is 4.52 Å². The van der Waals surface area contributed by atoms with Crippen LogP contribution >= 0.6 is 0 Å². The van der Waals surface area contributed by atoms with Gasteiger partial charge in [-0.3, -0.25) is 4.98 Å². The van der Waals surface area contributed by atoms with Gasteiger partial charge >= 0.3 is 0 Å². The van der Waals surface area contributed by atoms with Gasteiger partial charge in [0.15, 0.2) is 5.82 Å². The van der Waals surface area contributed by atoms with Gasteiger partial charge in [0.1, 0.15) is 11.9 Å². The number of hydrogen-bond donors (Lipinski definition) is 0. The minimum absolute atomic E-state index is 0.107. The Morgan fingerprint density at radius 1 is 1.00 bits per heavy atom. The molecule has 0 saturated carbocycles. The summed E-state index contributed by atoms with van der Waals surface area (Å²) >= 11 is 0. The maximum atomic E-state index is 5.47. The van der Waals surface area contributed by atoms with E-state index in [-0.39, 0.29) is 12.0 Å². The monoisotopic (exact) mass is 333 g/mol. The lowest BCUT2D eigenvalue weighted by atomic mass is 10.1. The van der Waals surface area contributed by atoms with Crippen LogP contribution in [0.2, 0.25) is 0 Å². The highest BCUT2D eigenvalue weighted by molar-refractivity contribution is 5.92. The first-order chi connectivity index (χ1) is 12.1.